The van der Waals surface area contributed by atoms with Crippen molar-refractivity contribution in [3.8, 4) is 0 Å². The molecule has 32 heavy (non-hydrogen) atoms. The van der Waals surface area contributed by atoms with Crippen molar-refractivity contribution >= 4 is 39.2 Å². The molecule has 1 heterocycles. The predicted molar refractivity (Wildman–Crippen MR) is 123 cm³/mol. The Morgan fingerprint density at radius 2 is 1.75 bits per heavy atom. The number of carbonyl (C=O) groups is 2. The summed E-state index contributed by atoms with van der Waals surface area (Å²) in [5.74, 6) is 0.0955. The van der Waals surface area contributed by atoms with E-state index in [1.54, 1.807) is 31.3 Å². The van der Waals surface area contributed by atoms with E-state index < -0.39 is 0 Å². The number of fused-ring (bicyclic) bond motifs is 2. The molecule has 7 nitrogen and oxygen atoms in total. The molecule has 1 aliphatic rings. The Kier molecular flexibility index (Phi) is 4.93. The molecule has 1 aromatic heterocycles. The van der Waals surface area contributed by atoms with Crippen LogP contribution in [-0.2, 0) is 11.3 Å². The van der Waals surface area contributed by atoms with Crippen molar-refractivity contribution in [2.45, 2.75) is 19.4 Å². The minimum Gasteiger partial charge on any atom is -0.334 e. The van der Waals surface area contributed by atoms with Gasteiger partial charge < -0.3 is 15.2 Å². The van der Waals surface area contributed by atoms with Crippen LogP contribution >= 0.6 is 0 Å². The van der Waals surface area contributed by atoms with Crippen LogP contribution in [0.4, 0.5) is 5.69 Å². The third-order valence-corrected chi connectivity index (χ3v) is 5.72. The minimum atomic E-state index is -0.266. The fraction of sp³-hybridized carbons (Fsp3) is 0.200. The van der Waals surface area contributed by atoms with Crippen LogP contribution in [0.1, 0.15) is 29.0 Å². The molecule has 2 amide bonds. The smallest absolute Gasteiger partial charge is 0.258 e. The number of carbonyl (C=O) groups excluding carboxylic acids is 2. The first kappa shape index (κ1) is 19.9. The standard InChI is InChI=1S/C25H22N4O3/c1-29(14-22-26-20-9-5-4-8-18(20)24(31)28-22)25(32)19-12-16-6-2-3-7-17(16)13-21(19)27-23(30)15-10-11-15/h2-9,12-13,15H,10-11,14H2,1H3,(H,27,30)(H,26,28,31). The van der Waals surface area contributed by atoms with Crippen LogP contribution in [0.25, 0.3) is 21.7 Å². The molecule has 1 fully saturated rings. The molecule has 0 aliphatic heterocycles. The number of nitrogens with one attached hydrogen (secondary N) is 2. The van der Waals surface area contributed by atoms with E-state index in [-0.39, 0.29) is 29.8 Å². The summed E-state index contributed by atoms with van der Waals surface area (Å²) < 4.78 is 0. The molecule has 1 aliphatic carbocycles. The second-order valence-electron chi connectivity index (χ2n) is 8.20. The lowest BCUT2D eigenvalue weighted by atomic mass is 10.0. The first-order chi connectivity index (χ1) is 15.5. The normalized spacial score (nSPS) is 13.3. The SMILES string of the molecule is CN(Cc1nc2ccccc2c(=O)[nH]1)C(=O)c1cc2ccccc2cc1NC(=O)C1CC1. The highest BCUT2D eigenvalue weighted by atomic mass is 16.2. The van der Waals surface area contributed by atoms with E-state index in [9.17, 15) is 14.4 Å². The summed E-state index contributed by atoms with van der Waals surface area (Å²) in [6.07, 6.45) is 1.76. The number of aromatic amines is 1. The van der Waals surface area contributed by atoms with Crippen LogP contribution in [-0.4, -0.2) is 33.7 Å². The summed E-state index contributed by atoms with van der Waals surface area (Å²) in [5.41, 5.74) is 1.24. The minimum absolute atomic E-state index is 0.0222. The van der Waals surface area contributed by atoms with E-state index in [0.29, 0.717) is 28.0 Å². The van der Waals surface area contributed by atoms with E-state index in [1.165, 1.54) is 4.90 Å². The van der Waals surface area contributed by atoms with Gasteiger partial charge in [-0.25, -0.2) is 4.98 Å². The Hall–Kier alpha value is -4.00. The summed E-state index contributed by atoms with van der Waals surface area (Å²) in [7, 11) is 1.65. The van der Waals surface area contributed by atoms with Crippen LogP contribution in [0.15, 0.2) is 65.5 Å². The van der Waals surface area contributed by atoms with Crippen molar-refractivity contribution in [1.82, 2.24) is 14.9 Å². The summed E-state index contributed by atoms with van der Waals surface area (Å²) in [6, 6.07) is 18.4. The van der Waals surface area contributed by atoms with Gasteiger partial charge in [0, 0.05) is 13.0 Å². The van der Waals surface area contributed by atoms with Crippen molar-refractivity contribution in [2.24, 2.45) is 5.92 Å². The summed E-state index contributed by atoms with van der Waals surface area (Å²) >= 11 is 0. The van der Waals surface area contributed by atoms with Gasteiger partial charge in [0.05, 0.1) is 28.7 Å². The maximum absolute atomic E-state index is 13.4. The average molecular weight is 426 g/mol. The number of hydrogen-bond acceptors (Lipinski definition) is 4. The Balaban J connectivity index is 1.47. The molecule has 2 N–H and O–H groups in total. The van der Waals surface area contributed by atoms with Gasteiger partial charge in [-0.15, -0.1) is 0 Å². The first-order valence-corrected chi connectivity index (χ1v) is 10.6. The van der Waals surface area contributed by atoms with Gasteiger partial charge in [-0.1, -0.05) is 36.4 Å². The quantitative estimate of drug-likeness (QED) is 0.509. The zero-order chi connectivity index (χ0) is 22.2. The molecule has 0 radical (unpaired) electrons. The molecule has 0 bridgehead atoms. The summed E-state index contributed by atoms with van der Waals surface area (Å²) in [4.78, 5) is 46.9. The molecule has 0 saturated heterocycles. The molecule has 160 valence electrons. The molecule has 0 unspecified atom stereocenters. The monoisotopic (exact) mass is 426 g/mol. The Bertz CT molecular complexity index is 1420. The van der Waals surface area contributed by atoms with E-state index >= 15 is 0 Å². The van der Waals surface area contributed by atoms with Crippen LogP contribution < -0.4 is 10.9 Å². The van der Waals surface area contributed by atoms with Gasteiger partial charge in [0.15, 0.2) is 0 Å². The van der Waals surface area contributed by atoms with Gasteiger partial charge in [0.1, 0.15) is 5.82 Å². The fourth-order valence-electron chi connectivity index (χ4n) is 3.81. The summed E-state index contributed by atoms with van der Waals surface area (Å²) in [5, 5.41) is 5.29. The molecule has 5 rings (SSSR count). The second kappa shape index (κ2) is 7.92. The zero-order valence-electron chi connectivity index (χ0n) is 17.6. The topological polar surface area (TPSA) is 95.2 Å². The van der Waals surface area contributed by atoms with Crippen LogP contribution in [0, 0.1) is 5.92 Å². The van der Waals surface area contributed by atoms with E-state index in [2.05, 4.69) is 15.3 Å². The molecule has 7 heteroatoms. The van der Waals surface area contributed by atoms with E-state index in [1.807, 2.05) is 36.4 Å². The highest BCUT2D eigenvalue weighted by Crippen LogP contribution is 2.32. The van der Waals surface area contributed by atoms with Crippen LogP contribution in [0.3, 0.4) is 0 Å². The molecule has 0 atom stereocenters. The Morgan fingerprint density at radius 1 is 1.06 bits per heavy atom. The molecule has 3 aromatic carbocycles. The summed E-state index contributed by atoms with van der Waals surface area (Å²) in [6.45, 7) is 0.127. The van der Waals surface area contributed by atoms with Gasteiger partial charge >= 0.3 is 0 Å². The Labute approximate surface area is 184 Å². The maximum atomic E-state index is 13.4. The maximum Gasteiger partial charge on any atom is 0.258 e. The lowest BCUT2D eigenvalue weighted by Crippen LogP contribution is -2.29. The zero-order valence-corrected chi connectivity index (χ0v) is 17.6. The number of anilines is 1. The largest absolute Gasteiger partial charge is 0.334 e. The van der Waals surface area contributed by atoms with Crippen molar-refractivity contribution < 1.29 is 9.59 Å². The molecular weight excluding hydrogens is 404 g/mol. The molecule has 4 aromatic rings. The van der Waals surface area contributed by atoms with Gasteiger partial charge in [0.2, 0.25) is 5.91 Å². The van der Waals surface area contributed by atoms with E-state index in [0.717, 1.165) is 23.6 Å². The first-order valence-electron chi connectivity index (χ1n) is 10.6. The van der Waals surface area contributed by atoms with Gasteiger partial charge in [-0.05, 0) is 47.9 Å². The highest BCUT2D eigenvalue weighted by molar-refractivity contribution is 6.08. The number of rotatable bonds is 5. The van der Waals surface area contributed by atoms with Crippen molar-refractivity contribution in [2.75, 3.05) is 12.4 Å². The van der Waals surface area contributed by atoms with Crippen molar-refractivity contribution in [3.63, 3.8) is 0 Å². The number of para-hydroxylation sites is 1. The molecule has 1 saturated carbocycles. The van der Waals surface area contributed by atoms with E-state index in [4.69, 9.17) is 0 Å². The fourth-order valence-corrected chi connectivity index (χ4v) is 3.81. The van der Waals surface area contributed by atoms with Crippen LogP contribution in [0.2, 0.25) is 0 Å². The third kappa shape index (κ3) is 3.85. The highest BCUT2D eigenvalue weighted by Gasteiger charge is 2.30. The lowest BCUT2D eigenvalue weighted by Gasteiger charge is -2.20. The van der Waals surface area contributed by atoms with Crippen molar-refractivity contribution in [1.29, 1.82) is 0 Å². The number of hydrogen-bond donors (Lipinski definition) is 2. The molecule has 0 spiro atoms. The second-order valence-corrected chi connectivity index (χ2v) is 8.20. The Morgan fingerprint density at radius 3 is 2.50 bits per heavy atom. The van der Waals surface area contributed by atoms with Crippen molar-refractivity contribution in [3.05, 3.63) is 82.4 Å². The number of amides is 2. The third-order valence-electron chi connectivity index (χ3n) is 5.72. The van der Waals surface area contributed by atoms with Gasteiger partial charge in [0.25, 0.3) is 11.5 Å². The number of benzene rings is 3. The number of nitrogens with zero attached hydrogens (tertiary/aromatic N) is 2. The predicted octanol–water partition coefficient (Wildman–Crippen LogP) is 3.70. The van der Waals surface area contributed by atoms with Gasteiger partial charge in [-0.3, -0.25) is 14.4 Å². The van der Waals surface area contributed by atoms with Crippen LogP contribution in [0.5, 0.6) is 0 Å². The lowest BCUT2D eigenvalue weighted by molar-refractivity contribution is -0.117. The number of aromatic nitrogens is 2. The average Bonchev–Trinajstić information content (AvgIpc) is 3.64. The molecular formula is C25H22N4O3. The van der Waals surface area contributed by atoms with Gasteiger partial charge in [-0.2, -0.15) is 0 Å². The number of H-pyrrole nitrogens is 1.